The average molecular weight is 159 g/mol. The zero-order valence-electron chi connectivity index (χ0n) is 7.39. The predicted octanol–water partition coefficient (Wildman–Crippen LogP) is 2.30. The fraction of sp³-hybridized carbons (Fsp3) is 1.00. The van der Waals surface area contributed by atoms with Crippen molar-refractivity contribution in [2.75, 3.05) is 17.8 Å². The van der Waals surface area contributed by atoms with Gasteiger partial charge in [0.05, 0.1) is 6.26 Å². The zero-order chi connectivity index (χ0) is 7.56. The third kappa shape index (κ3) is 2.19. The molecule has 1 aliphatic heterocycles. The lowest BCUT2D eigenvalue weighted by Crippen LogP contribution is -2.25. The first-order valence-electron chi connectivity index (χ1n) is 4.29. The minimum absolute atomic E-state index is 0.773. The summed E-state index contributed by atoms with van der Waals surface area (Å²) < 4.78 is 0. The van der Waals surface area contributed by atoms with Crippen LogP contribution in [0.25, 0.3) is 0 Å². The van der Waals surface area contributed by atoms with Gasteiger partial charge in [-0.05, 0) is 35.6 Å². The molecule has 1 rings (SSSR count). The molecule has 0 aliphatic carbocycles. The Labute approximate surface area is 67.7 Å². The van der Waals surface area contributed by atoms with Crippen molar-refractivity contribution in [1.29, 1.82) is 0 Å². The second-order valence-corrected chi connectivity index (χ2v) is 6.15. The lowest BCUT2D eigenvalue weighted by molar-refractivity contribution is 0.359. The quantitative estimate of drug-likeness (QED) is 0.515. The van der Waals surface area contributed by atoms with Gasteiger partial charge in [0.15, 0.2) is 0 Å². The third-order valence-electron chi connectivity index (χ3n) is 2.62. The maximum atomic E-state index is 2.41. The van der Waals surface area contributed by atoms with Crippen LogP contribution in [0.1, 0.15) is 26.7 Å². The molecule has 0 atom stereocenters. The lowest BCUT2D eigenvalue weighted by atomic mass is 9.91. The monoisotopic (exact) mass is 159 g/mol. The Kier molecular flexibility index (Phi) is 3.09. The lowest BCUT2D eigenvalue weighted by Gasteiger charge is -2.23. The number of rotatable bonds is 1. The van der Waals surface area contributed by atoms with Gasteiger partial charge in [0.1, 0.15) is 11.5 Å². The van der Waals surface area contributed by atoms with Crippen LogP contribution in [0.4, 0.5) is 0 Å². The second kappa shape index (κ2) is 3.66. The van der Waals surface area contributed by atoms with Crippen LogP contribution in [-0.4, -0.2) is 17.8 Å². The van der Waals surface area contributed by atoms with Gasteiger partial charge in [-0.1, -0.05) is 13.8 Å². The second-order valence-electron chi connectivity index (χ2n) is 3.77. The van der Waals surface area contributed by atoms with Crippen LogP contribution in [0.15, 0.2) is 0 Å². The van der Waals surface area contributed by atoms with Crippen LogP contribution >= 0.6 is 0 Å². The topological polar surface area (TPSA) is 0 Å². The molecule has 1 heteroatoms. The normalized spacial score (nSPS) is 34.8. The van der Waals surface area contributed by atoms with E-state index in [4.69, 9.17) is 0 Å². The standard InChI is InChI=1S/C9H19S/c1-8(2)9-4-6-10(3)7-5-9/h8-9H,4-7H2,1-3H3/q+1. The highest BCUT2D eigenvalue weighted by atomic mass is 32.2. The average Bonchev–Trinajstić information content (AvgIpc) is 1.88. The largest absolute Gasteiger partial charge is 0.108 e. The fourth-order valence-electron chi connectivity index (χ4n) is 1.62. The molecule has 0 N–H and O–H groups in total. The Hall–Kier alpha value is 0.350. The number of hydrogen-bond acceptors (Lipinski definition) is 0. The van der Waals surface area contributed by atoms with Gasteiger partial charge in [0.25, 0.3) is 0 Å². The molecule has 0 nitrogen and oxygen atoms in total. The molecule has 0 radical (unpaired) electrons. The Morgan fingerprint density at radius 3 is 2.10 bits per heavy atom. The third-order valence-corrected chi connectivity index (χ3v) is 4.48. The summed E-state index contributed by atoms with van der Waals surface area (Å²) >= 11 is 0. The van der Waals surface area contributed by atoms with E-state index in [0.717, 1.165) is 22.7 Å². The Morgan fingerprint density at radius 2 is 1.70 bits per heavy atom. The van der Waals surface area contributed by atoms with Crippen molar-refractivity contribution in [1.82, 2.24) is 0 Å². The van der Waals surface area contributed by atoms with Gasteiger partial charge in [-0.25, -0.2) is 0 Å². The van der Waals surface area contributed by atoms with Crippen molar-refractivity contribution in [3.8, 4) is 0 Å². The van der Waals surface area contributed by atoms with E-state index in [1.54, 1.807) is 0 Å². The summed E-state index contributed by atoms with van der Waals surface area (Å²) in [6, 6.07) is 0. The van der Waals surface area contributed by atoms with Crippen LogP contribution in [-0.2, 0) is 10.9 Å². The van der Waals surface area contributed by atoms with Crippen LogP contribution in [0, 0.1) is 11.8 Å². The van der Waals surface area contributed by atoms with Crippen molar-refractivity contribution in [3.05, 3.63) is 0 Å². The van der Waals surface area contributed by atoms with Crippen molar-refractivity contribution < 1.29 is 0 Å². The molecule has 0 aromatic heterocycles. The molecular weight excluding hydrogens is 140 g/mol. The molecular formula is C9H19S+. The highest BCUT2D eigenvalue weighted by Crippen LogP contribution is 2.25. The van der Waals surface area contributed by atoms with Gasteiger partial charge in [-0.2, -0.15) is 0 Å². The van der Waals surface area contributed by atoms with Crippen molar-refractivity contribution in [2.45, 2.75) is 26.7 Å². The van der Waals surface area contributed by atoms with E-state index < -0.39 is 0 Å². The number of hydrogen-bond donors (Lipinski definition) is 0. The van der Waals surface area contributed by atoms with E-state index in [0.29, 0.717) is 0 Å². The summed E-state index contributed by atoms with van der Waals surface area (Å²) in [7, 11) is 0.773. The molecule has 0 amide bonds. The summed E-state index contributed by atoms with van der Waals surface area (Å²) in [5, 5.41) is 0. The van der Waals surface area contributed by atoms with E-state index in [1.807, 2.05) is 0 Å². The van der Waals surface area contributed by atoms with Gasteiger partial charge in [-0.3, -0.25) is 0 Å². The molecule has 1 saturated heterocycles. The summed E-state index contributed by atoms with van der Waals surface area (Å²) in [6.07, 6.45) is 5.41. The first-order valence-corrected chi connectivity index (χ1v) is 6.26. The van der Waals surface area contributed by atoms with Crippen LogP contribution < -0.4 is 0 Å². The molecule has 0 bridgehead atoms. The smallest absolute Gasteiger partial charge is 0.0625 e. The summed E-state index contributed by atoms with van der Waals surface area (Å²) in [5.74, 6) is 4.98. The van der Waals surface area contributed by atoms with Gasteiger partial charge >= 0.3 is 0 Å². The maximum Gasteiger partial charge on any atom is 0.108 e. The van der Waals surface area contributed by atoms with Gasteiger partial charge < -0.3 is 0 Å². The Balaban J connectivity index is 2.26. The fourth-order valence-corrected chi connectivity index (χ4v) is 3.23. The summed E-state index contributed by atoms with van der Waals surface area (Å²) in [6.45, 7) is 4.73. The molecule has 0 aromatic carbocycles. The highest BCUT2D eigenvalue weighted by molar-refractivity contribution is 7.96. The van der Waals surface area contributed by atoms with Crippen LogP contribution in [0.2, 0.25) is 0 Å². The van der Waals surface area contributed by atoms with E-state index in [9.17, 15) is 0 Å². The Morgan fingerprint density at radius 1 is 1.20 bits per heavy atom. The molecule has 1 heterocycles. The maximum absolute atomic E-state index is 2.41. The molecule has 0 spiro atoms. The van der Waals surface area contributed by atoms with Crippen LogP contribution in [0.5, 0.6) is 0 Å². The first-order chi connectivity index (χ1) is 4.70. The SMILES string of the molecule is CC(C)C1CC[S+](C)CC1. The van der Waals surface area contributed by atoms with Gasteiger partial charge in [-0.15, -0.1) is 0 Å². The van der Waals surface area contributed by atoms with Crippen molar-refractivity contribution in [2.24, 2.45) is 11.8 Å². The molecule has 10 heavy (non-hydrogen) atoms. The van der Waals surface area contributed by atoms with Crippen LogP contribution in [0.3, 0.4) is 0 Å². The zero-order valence-corrected chi connectivity index (χ0v) is 8.21. The molecule has 1 aliphatic rings. The summed E-state index contributed by atoms with van der Waals surface area (Å²) in [4.78, 5) is 0. The van der Waals surface area contributed by atoms with E-state index in [-0.39, 0.29) is 0 Å². The van der Waals surface area contributed by atoms with E-state index in [2.05, 4.69) is 20.1 Å². The first kappa shape index (κ1) is 8.45. The van der Waals surface area contributed by atoms with E-state index >= 15 is 0 Å². The highest BCUT2D eigenvalue weighted by Gasteiger charge is 2.25. The van der Waals surface area contributed by atoms with Crippen molar-refractivity contribution in [3.63, 3.8) is 0 Å². The van der Waals surface area contributed by atoms with E-state index in [1.165, 1.54) is 24.3 Å². The van der Waals surface area contributed by atoms with Gasteiger partial charge in [0.2, 0.25) is 0 Å². The molecule has 0 saturated carbocycles. The molecule has 60 valence electrons. The Bertz CT molecular complexity index is 90.9. The molecule has 0 unspecified atom stereocenters. The minimum Gasteiger partial charge on any atom is -0.0625 e. The van der Waals surface area contributed by atoms with Crippen molar-refractivity contribution >= 4 is 10.9 Å². The summed E-state index contributed by atoms with van der Waals surface area (Å²) in [5.41, 5.74) is 0. The van der Waals surface area contributed by atoms with Gasteiger partial charge in [0, 0.05) is 0 Å². The molecule has 0 aromatic rings. The predicted molar refractivity (Wildman–Crippen MR) is 50.6 cm³/mol. The minimum atomic E-state index is 0.773. The molecule has 1 fully saturated rings.